The number of aromatic hydroxyl groups is 1. The van der Waals surface area contributed by atoms with E-state index >= 15 is 0 Å². The number of nitrogens with zero attached hydrogens (tertiary/aromatic N) is 3. The quantitative estimate of drug-likeness (QED) is 0.287. The summed E-state index contributed by atoms with van der Waals surface area (Å²) in [7, 11) is 0. The molecule has 0 bridgehead atoms. The lowest BCUT2D eigenvalue weighted by Gasteiger charge is -2.38. The van der Waals surface area contributed by atoms with E-state index in [0.717, 1.165) is 28.8 Å². The largest absolute Gasteiger partial charge is 0.508 e. The van der Waals surface area contributed by atoms with Gasteiger partial charge >= 0.3 is 0 Å². The third kappa shape index (κ3) is 4.93. The monoisotopic (exact) mass is 536 g/mol. The Morgan fingerprint density at radius 1 is 1.00 bits per heavy atom. The molecular formula is C32H32N4O4. The molecule has 1 aliphatic heterocycles. The maximum atomic E-state index is 13.6. The molecule has 0 saturated heterocycles. The molecule has 0 amide bonds. The van der Waals surface area contributed by atoms with Crippen molar-refractivity contribution in [3.05, 3.63) is 95.2 Å². The van der Waals surface area contributed by atoms with Crippen LogP contribution < -0.4 is 14.8 Å². The van der Waals surface area contributed by atoms with Crippen LogP contribution in [0.1, 0.15) is 50.8 Å². The topological polar surface area (TPSA) is 98.5 Å². The molecule has 2 aliphatic rings. The highest BCUT2D eigenvalue weighted by molar-refractivity contribution is 6.00. The number of benzene rings is 3. The first-order valence-corrected chi connectivity index (χ1v) is 13.5. The molecule has 6 rings (SSSR count). The number of nitrogens with one attached hydrogen (secondary N) is 1. The molecule has 1 atom stereocenters. The van der Waals surface area contributed by atoms with Crippen LogP contribution in [0, 0.1) is 5.41 Å². The summed E-state index contributed by atoms with van der Waals surface area (Å²) in [6.45, 7) is 7.04. The van der Waals surface area contributed by atoms with Crippen molar-refractivity contribution in [1.29, 1.82) is 0 Å². The van der Waals surface area contributed by atoms with Gasteiger partial charge in [0.1, 0.15) is 18.4 Å². The van der Waals surface area contributed by atoms with Gasteiger partial charge in [-0.05, 0) is 66.3 Å². The molecule has 3 aromatic carbocycles. The summed E-state index contributed by atoms with van der Waals surface area (Å²) in [5.41, 5.74) is 4.11. The average Bonchev–Trinajstić information content (AvgIpc) is 3.35. The highest BCUT2D eigenvalue weighted by Crippen LogP contribution is 2.46. The van der Waals surface area contributed by atoms with Crippen LogP contribution in [-0.2, 0) is 11.4 Å². The number of ketones is 1. The molecule has 8 nitrogen and oxygen atoms in total. The summed E-state index contributed by atoms with van der Waals surface area (Å²) in [5, 5.41) is 18.0. The van der Waals surface area contributed by atoms with Gasteiger partial charge in [-0.2, -0.15) is 4.98 Å². The van der Waals surface area contributed by atoms with Gasteiger partial charge in [-0.25, -0.2) is 4.68 Å². The maximum absolute atomic E-state index is 13.6. The summed E-state index contributed by atoms with van der Waals surface area (Å²) >= 11 is 0. The molecule has 204 valence electrons. The van der Waals surface area contributed by atoms with E-state index in [0.29, 0.717) is 48.5 Å². The number of phenols is 1. The lowest BCUT2D eigenvalue weighted by Crippen LogP contribution is -2.36. The van der Waals surface area contributed by atoms with Crippen LogP contribution in [-0.4, -0.2) is 32.3 Å². The second-order valence-corrected chi connectivity index (χ2v) is 11.0. The summed E-state index contributed by atoms with van der Waals surface area (Å²) < 4.78 is 13.9. The molecule has 1 unspecified atom stereocenters. The minimum absolute atomic E-state index is 0.0958. The van der Waals surface area contributed by atoms with E-state index in [4.69, 9.17) is 19.6 Å². The van der Waals surface area contributed by atoms with Gasteiger partial charge in [-0.15, -0.1) is 5.10 Å². The fourth-order valence-electron chi connectivity index (χ4n) is 5.47. The summed E-state index contributed by atoms with van der Waals surface area (Å²) in [4.78, 5) is 18.4. The van der Waals surface area contributed by atoms with E-state index in [1.165, 1.54) is 0 Å². The maximum Gasteiger partial charge on any atom is 0.226 e. The van der Waals surface area contributed by atoms with Crippen molar-refractivity contribution in [3.8, 4) is 28.6 Å². The smallest absolute Gasteiger partial charge is 0.226 e. The zero-order valence-electron chi connectivity index (χ0n) is 22.8. The van der Waals surface area contributed by atoms with E-state index in [2.05, 4.69) is 19.2 Å². The zero-order valence-corrected chi connectivity index (χ0v) is 22.8. The van der Waals surface area contributed by atoms with Gasteiger partial charge in [-0.1, -0.05) is 50.2 Å². The standard InChI is InChI=1S/C32H32N4O4/c1-4-39-27-16-22(12-15-26(27)40-19-20-8-6-5-7-9-20)29-28-24(17-32(2,3)18-25(28)38)33-31-34-30(35-36(29)31)21-10-13-23(37)14-11-21/h5-16,29,37H,4,17-19H2,1-3H3,(H,33,34,35). The third-order valence-corrected chi connectivity index (χ3v) is 7.28. The first-order valence-electron chi connectivity index (χ1n) is 13.5. The van der Waals surface area contributed by atoms with Crippen LogP contribution >= 0.6 is 0 Å². The lowest BCUT2D eigenvalue weighted by atomic mass is 9.73. The number of carbonyl (C=O) groups excluding carboxylic acids is 1. The van der Waals surface area contributed by atoms with E-state index in [1.807, 2.05) is 55.5 Å². The predicted molar refractivity (Wildman–Crippen MR) is 152 cm³/mol. The van der Waals surface area contributed by atoms with Crippen molar-refractivity contribution >= 4 is 11.7 Å². The van der Waals surface area contributed by atoms with E-state index in [-0.39, 0.29) is 16.9 Å². The molecule has 0 radical (unpaired) electrons. The van der Waals surface area contributed by atoms with Crippen molar-refractivity contribution in [1.82, 2.24) is 14.8 Å². The molecule has 8 heteroatoms. The van der Waals surface area contributed by atoms with Crippen LogP contribution in [0.2, 0.25) is 0 Å². The van der Waals surface area contributed by atoms with Crippen molar-refractivity contribution in [2.75, 3.05) is 11.9 Å². The van der Waals surface area contributed by atoms with E-state index in [1.54, 1.807) is 28.9 Å². The Hall–Kier alpha value is -4.59. The minimum Gasteiger partial charge on any atom is -0.508 e. The number of hydrogen-bond donors (Lipinski definition) is 2. The number of carbonyl (C=O) groups is 1. The Kier molecular flexibility index (Phi) is 6.54. The fourth-order valence-corrected chi connectivity index (χ4v) is 5.47. The van der Waals surface area contributed by atoms with Crippen molar-refractivity contribution in [3.63, 3.8) is 0 Å². The first-order chi connectivity index (χ1) is 19.3. The second-order valence-electron chi connectivity index (χ2n) is 11.0. The Morgan fingerprint density at radius 2 is 1.77 bits per heavy atom. The molecular weight excluding hydrogens is 504 g/mol. The first kappa shape index (κ1) is 25.7. The van der Waals surface area contributed by atoms with E-state index in [9.17, 15) is 9.90 Å². The Labute approximate surface area is 233 Å². The van der Waals surface area contributed by atoms with Gasteiger partial charge in [0, 0.05) is 23.3 Å². The van der Waals surface area contributed by atoms with Gasteiger partial charge in [0.15, 0.2) is 23.1 Å². The fraction of sp³-hybridized carbons (Fsp3) is 0.281. The van der Waals surface area contributed by atoms with Gasteiger partial charge in [-0.3, -0.25) is 4.79 Å². The molecule has 0 spiro atoms. The number of allylic oxidation sites excluding steroid dienone is 2. The summed E-state index contributed by atoms with van der Waals surface area (Å²) in [6, 6.07) is 22.1. The molecule has 1 aliphatic carbocycles. The molecule has 40 heavy (non-hydrogen) atoms. The molecule has 1 aromatic heterocycles. The minimum atomic E-state index is -0.476. The Balaban J connectivity index is 1.43. The van der Waals surface area contributed by atoms with Gasteiger partial charge in [0.2, 0.25) is 5.95 Å². The summed E-state index contributed by atoms with van der Waals surface area (Å²) in [5.74, 6) is 2.59. The number of phenolic OH excluding ortho intramolecular Hbond substituents is 1. The Morgan fingerprint density at radius 3 is 2.52 bits per heavy atom. The van der Waals surface area contributed by atoms with Crippen molar-refractivity contribution < 1.29 is 19.4 Å². The zero-order chi connectivity index (χ0) is 27.9. The normalized spacial score (nSPS) is 17.6. The second kappa shape index (κ2) is 10.2. The molecule has 2 N–H and O–H groups in total. The highest BCUT2D eigenvalue weighted by atomic mass is 16.5. The third-order valence-electron chi connectivity index (χ3n) is 7.28. The SMILES string of the molecule is CCOc1cc(C2C3=C(CC(C)(C)CC3=O)Nc3nc(-c4ccc(O)cc4)nn32)ccc1OCc1ccccc1. The van der Waals surface area contributed by atoms with Crippen LogP contribution in [0.5, 0.6) is 17.2 Å². The number of Topliss-reactive ketones (excluding diaryl/α,β-unsaturated/α-hetero) is 1. The lowest BCUT2D eigenvalue weighted by molar-refractivity contribution is -0.118. The van der Waals surface area contributed by atoms with Gasteiger partial charge in [0.05, 0.1) is 6.61 Å². The van der Waals surface area contributed by atoms with Crippen LogP contribution in [0.4, 0.5) is 5.95 Å². The van der Waals surface area contributed by atoms with Gasteiger partial charge in [0.25, 0.3) is 0 Å². The number of fused-ring (bicyclic) bond motifs is 1. The van der Waals surface area contributed by atoms with Crippen molar-refractivity contribution in [2.24, 2.45) is 5.41 Å². The van der Waals surface area contributed by atoms with Crippen LogP contribution in [0.15, 0.2) is 84.1 Å². The predicted octanol–water partition coefficient (Wildman–Crippen LogP) is 6.29. The van der Waals surface area contributed by atoms with Crippen LogP contribution in [0.3, 0.4) is 0 Å². The number of rotatable bonds is 7. The van der Waals surface area contributed by atoms with Crippen LogP contribution in [0.25, 0.3) is 11.4 Å². The van der Waals surface area contributed by atoms with E-state index < -0.39 is 6.04 Å². The number of aromatic nitrogens is 3. The Bertz CT molecular complexity index is 1590. The molecule has 0 saturated carbocycles. The summed E-state index contributed by atoms with van der Waals surface area (Å²) in [6.07, 6.45) is 1.18. The highest BCUT2D eigenvalue weighted by Gasteiger charge is 2.42. The molecule has 0 fully saturated rings. The molecule has 4 aromatic rings. The number of ether oxygens (including phenoxy) is 2. The number of hydrogen-bond acceptors (Lipinski definition) is 7. The number of anilines is 1. The molecule has 2 heterocycles. The van der Waals surface area contributed by atoms with Crippen molar-refractivity contribution in [2.45, 2.75) is 46.3 Å². The van der Waals surface area contributed by atoms with Gasteiger partial charge < -0.3 is 19.9 Å². The average molecular weight is 537 g/mol.